The second kappa shape index (κ2) is 7.92. The Morgan fingerprint density at radius 1 is 1.29 bits per heavy atom. The monoisotopic (exact) mass is 436 g/mol. The predicted molar refractivity (Wildman–Crippen MR) is 124 cm³/mol. The first-order valence-electron chi connectivity index (χ1n) is 11.0. The largest absolute Gasteiger partial charge is 0.487 e. The number of hydrogen-bond acceptors (Lipinski definition) is 5. The molecule has 0 radical (unpaired) electrons. The van der Waals surface area contributed by atoms with Crippen molar-refractivity contribution < 1.29 is 14.3 Å². The van der Waals surface area contributed by atoms with E-state index in [1.807, 2.05) is 18.2 Å². The van der Waals surface area contributed by atoms with Crippen molar-refractivity contribution in [3.63, 3.8) is 0 Å². The summed E-state index contributed by atoms with van der Waals surface area (Å²) in [6, 6.07) is 12.5. The summed E-state index contributed by atoms with van der Waals surface area (Å²) in [5, 5.41) is 4.11. The third-order valence-electron chi connectivity index (χ3n) is 6.14. The lowest BCUT2D eigenvalue weighted by Gasteiger charge is -2.34. The normalized spacial score (nSPS) is 22.2. The van der Waals surface area contributed by atoms with E-state index in [0.717, 1.165) is 41.1 Å². The van der Waals surface area contributed by atoms with Gasteiger partial charge in [-0.05, 0) is 62.9 Å². The molecule has 0 aliphatic carbocycles. The maximum absolute atomic E-state index is 12.7. The zero-order valence-electron chi connectivity index (χ0n) is 18.2. The second-order valence-corrected chi connectivity index (χ2v) is 10.3. The van der Waals surface area contributed by atoms with Gasteiger partial charge < -0.3 is 14.8 Å². The molecule has 2 aromatic carbocycles. The number of nitrogens with one attached hydrogen (secondary N) is 1. The van der Waals surface area contributed by atoms with Crippen LogP contribution in [-0.4, -0.2) is 35.7 Å². The lowest BCUT2D eigenvalue weighted by atomic mass is 9.88. The molecule has 2 aliphatic heterocycles. The standard InChI is InChI=1S/C25H28N2O3S/c1-15-10-17-12-18(14-26-23(28)16-8-9-29-25(2,3)13-16)30-22(17)19(11-15)24-27-20-6-4-5-7-21(20)31-24/h4-7,10-11,16,18H,8-9,12-14H2,1-3H3,(H,26,28)/t16-,18+/m0/s1. The van der Waals surface area contributed by atoms with Crippen LogP contribution in [0, 0.1) is 12.8 Å². The van der Waals surface area contributed by atoms with Crippen molar-refractivity contribution >= 4 is 27.5 Å². The highest BCUT2D eigenvalue weighted by Crippen LogP contribution is 2.42. The summed E-state index contributed by atoms with van der Waals surface area (Å²) >= 11 is 1.69. The molecule has 2 atom stereocenters. The van der Waals surface area contributed by atoms with Crippen LogP contribution in [0.15, 0.2) is 36.4 Å². The average molecular weight is 437 g/mol. The van der Waals surface area contributed by atoms with Crippen molar-refractivity contribution in [2.24, 2.45) is 5.92 Å². The quantitative estimate of drug-likeness (QED) is 0.632. The summed E-state index contributed by atoms with van der Waals surface area (Å²) in [7, 11) is 0. The Hall–Kier alpha value is -2.44. The number of carbonyl (C=O) groups excluding carboxylic acids is 1. The lowest BCUT2D eigenvalue weighted by Crippen LogP contribution is -2.43. The number of hydrogen-bond donors (Lipinski definition) is 1. The molecule has 0 bridgehead atoms. The van der Waals surface area contributed by atoms with Gasteiger partial charge in [0.1, 0.15) is 16.9 Å². The molecule has 5 rings (SSSR count). The number of rotatable bonds is 4. The second-order valence-electron chi connectivity index (χ2n) is 9.27. The SMILES string of the molecule is Cc1cc2c(c(-c3nc4ccccc4s3)c1)O[C@@H](CNC(=O)[C@H]1CCOC(C)(C)C1)C2. The highest BCUT2D eigenvalue weighted by atomic mass is 32.1. The molecule has 31 heavy (non-hydrogen) atoms. The molecule has 162 valence electrons. The third kappa shape index (κ3) is 4.19. The van der Waals surface area contributed by atoms with Crippen LogP contribution in [0.5, 0.6) is 5.75 Å². The Bertz CT molecular complexity index is 1100. The molecule has 1 fully saturated rings. The van der Waals surface area contributed by atoms with Gasteiger partial charge in [-0.1, -0.05) is 18.2 Å². The maximum atomic E-state index is 12.7. The summed E-state index contributed by atoms with van der Waals surface area (Å²) in [5.41, 5.74) is 4.23. The minimum absolute atomic E-state index is 0.00748. The fraction of sp³-hybridized carbons (Fsp3) is 0.440. The van der Waals surface area contributed by atoms with Crippen molar-refractivity contribution in [3.05, 3.63) is 47.5 Å². The van der Waals surface area contributed by atoms with Gasteiger partial charge in [0.25, 0.3) is 0 Å². The van der Waals surface area contributed by atoms with Gasteiger partial charge in [-0.2, -0.15) is 0 Å². The van der Waals surface area contributed by atoms with Gasteiger partial charge in [-0.15, -0.1) is 11.3 Å². The smallest absolute Gasteiger partial charge is 0.223 e. The fourth-order valence-electron chi connectivity index (χ4n) is 4.67. The summed E-state index contributed by atoms with van der Waals surface area (Å²) in [4.78, 5) is 17.6. The summed E-state index contributed by atoms with van der Waals surface area (Å²) < 4.78 is 13.3. The molecule has 0 unspecified atom stereocenters. The molecule has 3 heterocycles. The minimum atomic E-state index is -0.232. The zero-order chi connectivity index (χ0) is 21.6. The number of ether oxygens (including phenoxy) is 2. The number of thiazole rings is 1. The van der Waals surface area contributed by atoms with Gasteiger partial charge in [0, 0.05) is 18.9 Å². The van der Waals surface area contributed by atoms with Crippen molar-refractivity contribution in [1.82, 2.24) is 10.3 Å². The molecule has 5 nitrogen and oxygen atoms in total. The summed E-state index contributed by atoms with van der Waals surface area (Å²) in [6.07, 6.45) is 2.28. The van der Waals surface area contributed by atoms with Gasteiger partial charge in [0.05, 0.1) is 27.9 Å². The number of nitrogens with zero attached hydrogens (tertiary/aromatic N) is 1. The first-order valence-corrected chi connectivity index (χ1v) is 11.8. The van der Waals surface area contributed by atoms with Crippen LogP contribution in [0.1, 0.15) is 37.8 Å². The number of aryl methyl sites for hydroxylation is 1. The number of aromatic nitrogens is 1. The van der Waals surface area contributed by atoms with Crippen LogP contribution in [-0.2, 0) is 16.0 Å². The Labute approximate surface area is 186 Å². The molecule has 1 N–H and O–H groups in total. The molecule has 3 aromatic rings. The van der Waals surface area contributed by atoms with Gasteiger partial charge in [-0.3, -0.25) is 4.79 Å². The molecular weight excluding hydrogens is 408 g/mol. The Morgan fingerprint density at radius 3 is 2.94 bits per heavy atom. The number of carbonyl (C=O) groups is 1. The highest BCUT2D eigenvalue weighted by Gasteiger charge is 2.34. The summed E-state index contributed by atoms with van der Waals surface area (Å²) in [5.74, 6) is 1.03. The lowest BCUT2D eigenvalue weighted by molar-refractivity contribution is -0.135. The van der Waals surface area contributed by atoms with Crippen LogP contribution in [0.3, 0.4) is 0 Å². The van der Waals surface area contributed by atoms with E-state index in [0.29, 0.717) is 13.2 Å². The molecule has 0 spiro atoms. The van der Waals surface area contributed by atoms with Gasteiger partial charge in [-0.25, -0.2) is 4.98 Å². The topological polar surface area (TPSA) is 60.5 Å². The van der Waals surface area contributed by atoms with Crippen LogP contribution < -0.4 is 10.1 Å². The van der Waals surface area contributed by atoms with Crippen molar-refractivity contribution in [2.75, 3.05) is 13.2 Å². The van der Waals surface area contributed by atoms with Crippen LogP contribution in [0.25, 0.3) is 20.8 Å². The van der Waals surface area contributed by atoms with Gasteiger partial charge in [0.15, 0.2) is 0 Å². The van der Waals surface area contributed by atoms with E-state index in [2.05, 4.69) is 44.3 Å². The van der Waals surface area contributed by atoms with Gasteiger partial charge in [0.2, 0.25) is 5.91 Å². The van der Waals surface area contributed by atoms with E-state index < -0.39 is 0 Å². The molecular formula is C25H28N2O3S. The fourth-order valence-corrected chi connectivity index (χ4v) is 5.65. The average Bonchev–Trinajstić information content (AvgIpc) is 3.34. The Balaban J connectivity index is 1.30. The van der Waals surface area contributed by atoms with E-state index in [-0.39, 0.29) is 23.5 Å². The van der Waals surface area contributed by atoms with E-state index in [1.165, 1.54) is 15.8 Å². The molecule has 1 saturated heterocycles. The van der Waals surface area contributed by atoms with E-state index in [4.69, 9.17) is 14.5 Å². The first kappa shape index (κ1) is 20.5. The maximum Gasteiger partial charge on any atom is 0.223 e. The number of fused-ring (bicyclic) bond motifs is 2. The predicted octanol–water partition coefficient (Wildman–Crippen LogP) is 4.90. The van der Waals surface area contributed by atoms with Gasteiger partial charge >= 0.3 is 0 Å². The van der Waals surface area contributed by atoms with Crippen LogP contribution >= 0.6 is 11.3 Å². The molecule has 1 aromatic heterocycles. The van der Waals surface area contributed by atoms with E-state index >= 15 is 0 Å². The molecule has 0 saturated carbocycles. The van der Waals surface area contributed by atoms with Crippen LogP contribution in [0.2, 0.25) is 0 Å². The number of para-hydroxylation sites is 1. The van der Waals surface area contributed by atoms with E-state index in [1.54, 1.807) is 11.3 Å². The molecule has 2 aliphatic rings. The number of benzene rings is 2. The highest BCUT2D eigenvalue weighted by molar-refractivity contribution is 7.21. The van der Waals surface area contributed by atoms with Crippen molar-refractivity contribution in [3.8, 4) is 16.3 Å². The van der Waals surface area contributed by atoms with Crippen molar-refractivity contribution in [2.45, 2.75) is 51.7 Å². The number of amides is 1. The minimum Gasteiger partial charge on any atom is -0.487 e. The summed E-state index contributed by atoms with van der Waals surface area (Å²) in [6.45, 7) is 7.37. The Morgan fingerprint density at radius 2 is 2.13 bits per heavy atom. The third-order valence-corrected chi connectivity index (χ3v) is 7.21. The van der Waals surface area contributed by atoms with Crippen molar-refractivity contribution in [1.29, 1.82) is 0 Å². The zero-order valence-corrected chi connectivity index (χ0v) is 19.1. The Kier molecular flexibility index (Phi) is 5.22. The molecule has 1 amide bonds. The van der Waals surface area contributed by atoms with E-state index in [9.17, 15) is 4.79 Å². The van der Waals surface area contributed by atoms with Crippen LogP contribution in [0.4, 0.5) is 0 Å². The molecule has 6 heteroatoms. The first-order chi connectivity index (χ1) is 14.9.